The Kier molecular flexibility index (Phi) is 9.17. The van der Waals surface area contributed by atoms with E-state index in [-0.39, 0.29) is 19.6 Å². The Balaban J connectivity index is 1.71. The summed E-state index contributed by atoms with van der Waals surface area (Å²) >= 11 is 0. The van der Waals surface area contributed by atoms with Crippen LogP contribution in [0.2, 0.25) is 0 Å². The van der Waals surface area contributed by atoms with Crippen LogP contribution < -0.4 is 9.47 Å². The molecular weight excluding hydrogens is 424 g/mol. The van der Waals surface area contributed by atoms with Gasteiger partial charge in [-0.25, -0.2) is 14.8 Å². The van der Waals surface area contributed by atoms with Crippen LogP contribution in [0.15, 0.2) is 60.8 Å². The molecule has 33 heavy (non-hydrogen) atoms. The molecule has 0 unspecified atom stereocenters. The molecule has 0 amide bonds. The third-order valence-corrected chi connectivity index (χ3v) is 4.71. The Morgan fingerprint density at radius 2 is 1.76 bits per heavy atom. The molecule has 3 rings (SSSR count). The summed E-state index contributed by atoms with van der Waals surface area (Å²) in [6, 6.07) is 16.6. The van der Waals surface area contributed by atoms with Gasteiger partial charge in [-0.05, 0) is 36.8 Å². The van der Waals surface area contributed by atoms with Crippen molar-refractivity contribution < 1.29 is 28.8 Å². The quantitative estimate of drug-likeness (QED) is 0.330. The van der Waals surface area contributed by atoms with Gasteiger partial charge in [-0.2, -0.15) is 0 Å². The molecule has 0 spiro atoms. The summed E-state index contributed by atoms with van der Waals surface area (Å²) in [4.78, 5) is 20.8. The summed E-state index contributed by atoms with van der Waals surface area (Å²) in [7, 11) is 1.62. The predicted octanol–water partition coefficient (Wildman–Crippen LogP) is 3.21. The number of hydrogen-bond donors (Lipinski definition) is 1. The summed E-state index contributed by atoms with van der Waals surface area (Å²) in [6.45, 7) is 3.00. The minimum atomic E-state index is -1.25. The number of ether oxygens (including phenoxy) is 4. The first-order chi connectivity index (χ1) is 16.1. The molecule has 1 N–H and O–H groups in total. The summed E-state index contributed by atoms with van der Waals surface area (Å²) in [5, 5.41) is 10.1. The van der Waals surface area contributed by atoms with Gasteiger partial charge in [0.15, 0.2) is 11.9 Å². The molecular formula is C25H28N2O6. The van der Waals surface area contributed by atoms with E-state index in [1.54, 1.807) is 38.4 Å². The first-order valence-corrected chi connectivity index (χ1v) is 10.7. The molecule has 0 aliphatic carbocycles. The second-order valence-corrected chi connectivity index (χ2v) is 7.08. The number of esters is 1. The van der Waals surface area contributed by atoms with Crippen LogP contribution in [0.4, 0.5) is 0 Å². The molecule has 1 heterocycles. The fourth-order valence-corrected chi connectivity index (χ4v) is 3.11. The van der Waals surface area contributed by atoms with Crippen LogP contribution in [-0.2, 0) is 27.3 Å². The van der Waals surface area contributed by atoms with Crippen LogP contribution in [0.3, 0.4) is 0 Å². The molecule has 0 aliphatic rings. The van der Waals surface area contributed by atoms with Crippen molar-refractivity contribution >= 4 is 5.97 Å². The van der Waals surface area contributed by atoms with Gasteiger partial charge in [0.05, 0.1) is 24.5 Å². The average molecular weight is 453 g/mol. The van der Waals surface area contributed by atoms with Gasteiger partial charge in [-0.3, -0.25) is 0 Å². The van der Waals surface area contributed by atoms with E-state index in [2.05, 4.69) is 9.97 Å². The van der Waals surface area contributed by atoms with Crippen molar-refractivity contribution in [1.82, 2.24) is 9.97 Å². The van der Waals surface area contributed by atoms with E-state index in [9.17, 15) is 9.90 Å². The zero-order valence-corrected chi connectivity index (χ0v) is 18.8. The lowest BCUT2D eigenvalue weighted by Gasteiger charge is -2.14. The highest BCUT2D eigenvalue weighted by Gasteiger charge is 2.19. The van der Waals surface area contributed by atoms with E-state index < -0.39 is 12.1 Å². The predicted molar refractivity (Wildman–Crippen MR) is 122 cm³/mol. The van der Waals surface area contributed by atoms with E-state index in [0.717, 1.165) is 5.56 Å². The molecule has 1 aromatic heterocycles. The maximum absolute atomic E-state index is 11.8. The van der Waals surface area contributed by atoms with E-state index in [0.29, 0.717) is 41.8 Å². The van der Waals surface area contributed by atoms with Crippen LogP contribution in [0.1, 0.15) is 18.2 Å². The number of carbonyl (C=O) groups is 1. The number of rotatable bonds is 12. The maximum atomic E-state index is 11.8. The second kappa shape index (κ2) is 12.5. The van der Waals surface area contributed by atoms with Gasteiger partial charge in [0, 0.05) is 19.7 Å². The molecule has 0 saturated carbocycles. The van der Waals surface area contributed by atoms with Crippen molar-refractivity contribution in [2.24, 2.45) is 0 Å². The number of methoxy groups -OCH3 is 1. The van der Waals surface area contributed by atoms with E-state index in [1.807, 2.05) is 36.4 Å². The number of aliphatic hydroxyl groups is 1. The van der Waals surface area contributed by atoms with Crippen LogP contribution in [0.5, 0.6) is 11.5 Å². The second-order valence-electron chi connectivity index (χ2n) is 7.08. The minimum Gasteiger partial charge on any atom is -0.490 e. The topological polar surface area (TPSA) is 100 Å². The Morgan fingerprint density at radius 3 is 2.55 bits per heavy atom. The molecule has 3 aromatic rings. The fourth-order valence-electron chi connectivity index (χ4n) is 3.11. The summed E-state index contributed by atoms with van der Waals surface area (Å²) in [5.74, 6) is 1.10. The van der Waals surface area contributed by atoms with E-state index >= 15 is 0 Å². The van der Waals surface area contributed by atoms with Crippen molar-refractivity contribution in [1.29, 1.82) is 0 Å². The first-order valence-electron chi connectivity index (χ1n) is 10.7. The lowest BCUT2D eigenvalue weighted by atomic mass is 10.1. The van der Waals surface area contributed by atoms with Crippen LogP contribution >= 0.6 is 0 Å². The number of hydrogen-bond acceptors (Lipinski definition) is 8. The van der Waals surface area contributed by atoms with E-state index in [1.165, 1.54) is 0 Å². The van der Waals surface area contributed by atoms with Gasteiger partial charge in [0.25, 0.3) is 0 Å². The van der Waals surface area contributed by atoms with Crippen molar-refractivity contribution in [2.45, 2.75) is 26.1 Å². The van der Waals surface area contributed by atoms with Gasteiger partial charge in [0.1, 0.15) is 24.7 Å². The van der Waals surface area contributed by atoms with Gasteiger partial charge < -0.3 is 24.1 Å². The lowest BCUT2D eigenvalue weighted by molar-refractivity contribution is -0.152. The smallest absolute Gasteiger partial charge is 0.335 e. The number of nitrogens with zero attached hydrogens (tertiary/aromatic N) is 2. The third-order valence-electron chi connectivity index (χ3n) is 4.71. The zero-order chi connectivity index (χ0) is 23.5. The SMILES string of the molecule is CCOC(=O)[C@H](O)Cc1ccccc1OCc1ccnc(-c2ccccc2OCCOC)n1. The summed E-state index contributed by atoms with van der Waals surface area (Å²) in [5.41, 5.74) is 2.14. The number of para-hydroxylation sites is 2. The number of benzene rings is 2. The Labute approximate surface area is 193 Å². The van der Waals surface area contributed by atoms with E-state index in [4.69, 9.17) is 18.9 Å². The lowest BCUT2D eigenvalue weighted by Crippen LogP contribution is -2.25. The number of aliphatic hydroxyl groups excluding tert-OH is 1. The summed E-state index contributed by atoms with van der Waals surface area (Å²) < 4.78 is 21.7. The molecule has 0 saturated heterocycles. The standard InChI is InChI=1S/C25H28N2O6/c1-3-31-25(29)21(28)16-18-8-4-6-10-22(18)33-17-19-12-13-26-24(27-19)20-9-5-7-11-23(20)32-15-14-30-2/h4-13,21,28H,3,14-17H2,1-2H3/t21-/m1/s1. The molecule has 0 fully saturated rings. The molecule has 0 radical (unpaired) electrons. The van der Waals surface area contributed by atoms with Crippen molar-refractivity contribution in [2.75, 3.05) is 26.9 Å². The number of carbonyl (C=O) groups excluding carboxylic acids is 1. The normalized spacial score (nSPS) is 11.6. The van der Waals surface area contributed by atoms with Crippen LogP contribution in [-0.4, -0.2) is 54.1 Å². The van der Waals surface area contributed by atoms with Crippen molar-refractivity contribution in [3.8, 4) is 22.9 Å². The van der Waals surface area contributed by atoms with Crippen molar-refractivity contribution in [3.05, 3.63) is 72.1 Å². The van der Waals surface area contributed by atoms with Gasteiger partial charge in [-0.1, -0.05) is 30.3 Å². The minimum absolute atomic E-state index is 0.0935. The number of aromatic nitrogens is 2. The van der Waals surface area contributed by atoms with Crippen LogP contribution in [0.25, 0.3) is 11.4 Å². The first kappa shape index (κ1) is 24.2. The Bertz CT molecular complexity index is 1040. The molecule has 1 atom stereocenters. The van der Waals surface area contributed by atoms with Crippen LogP contribution in [0, 0.1) is 0 Å². The van der Waals surface area contributed by atoms with Crippen molar-refractivity contribution in [3.63, 3.8) is 0 Å². The Morgan fingerprint density at radius 1 is 1.00 bits per heavy atom. The van der Waals surface area contributed by atoms with Gasteiger partial charge >= 0.3 is 5.97 Å². The molecule has 2 aromatic carbocycles. The summed E-state index contributed by atoms with van der Waals surface area (Å²) in [6.07, 6.45) is 0.509. The highest BCUT2D eigenvalue weighted by atomic mass is 16.5. The molecule has 8 nitrogen and oxygen atoms in total. The maximum Gasteiger partial charge on any atom is 0.335 e. The third kappa shape index (κ3) is 7.00. The van der Waals surface area contributed by atoms with Gasteiger partial charge in [0.2, 0.25) is 0 Å². The molecule has 8 heteroatoms. The van der Waals surface area contributed by atoms with Gasteiger partial charge in [-0.15, -0.1) is 0 Å². The largest absolute Gasteiger partial charge is 0.490 e. The molecule has 174 valence electrons. The Hall–Kier alpha value is -3.49. The fraction of sp³-hybridized carbons (Fsp3) is 0.320. The average Bonchev–Trinajstić information content (AvgIpc) is 2.84. The highest BCUT2D eigenvalue weighted by Crippen LogP contribution is 2.27. The highest BCUT2D eigenvalue weighted by molar-refractivity contribution is 5.74. The zero-order valence-electron chi connectivity index (χ0n) is 18.8. The molecule has 0 bridgehead atoms. The monoisotopic (exact) mass is 452 g/mol. The molecule has 0 aliphatic heterocycles.